The van der Waals surface area contributed by atoms with Gasteiger partial charge in [0.05, 0.1) is 31.6 Å². The van der Waals surface area contributed by atoms with Gasteiger partial charge < -0.3 is 19.5 Å². The summed E-state index contributed by atoms with van der Waals surface area (Å²) in [6.07, 6.45) is 0.825. The third kappa shape index (κ3) is 8.66. The molecule has 2 aromatic carbocycles. The lowest BCUT2D eigenvalue weighted by atomic mass is 9.97. The Hall–Kier alpha value is -3.09. The Morgan fingerprint density at radius 2 is 1.52 bits per heavy atom. The average Bonchev–Trinajstić information content (AvgIpc) is 2.73. The first kappa shape index (κ1) is 24.2. The van der Waals surface area contributed by atoms with Crippen molar-refractivity contribution in [2.75, 3.05) is 26.4 Å². The van der Waals surface area contributed by atoms with Crippen molar-refractivity contribution in [2.45, 2.75) is 40.0 Å². The number of amides is 1. The van der Waals surface area contributed by atoms with Crippen molar-refractivity contribution in [1.82, 2.24) is 5.32 Å². The maximum Gasteiger partial charge on any atom is 0.407 e. The highest BCUT2D eigenvalue weighted by molar-refractivity contribution is 5.88. The first-order chi connectivity index (χ1) is 14.8. The summed E-state index contributed by atoms with van der Waals surface area (Å²) in [7, 11) is 0. The number of carbonyl (C=O) groups is 3. The zero-order chi connectivity index (χ0) is 22.7. The highest BCUT2D eigenvalue weighted by Crippen LogP contribution is 2.19. The van der Waals surface area contributed by atoms with E-state index in [2.05, 4.69) is 5.32 Å². The van der Waals surface area contributed by atoms with Crippen LogP contribution < -0.4 is 5.32 Å². The van der Waals surface area contributed by atoms with E-state index in [1.165, 1.54) is 0 Å². The smallest absolute Gasteiger partial charge is 0.407 e. The van der Waals surface area contributed by atoms with Crippen LogP contribution in [0.2, 0.25) is 0 Å². The number of rotatable bonds is 10. The van der Waals surface area contributed by atoms with Crippen molar-refractivity contribution >= 4 is 28.8 Å². The van der Waals surface area contributed by atoms with E-state index in [1.807, 2.05) is 42.5 Å². The van der Waals surface area contributed by atoms with Gasteiger partial charge in [0.15, 0.2) is 0 Å². The Labute approximate surface area is 183 Å². The molecule has 0 spiro atoms. The van der Waals surface area contributed by atoms with Gasteiger partial charge in [-0.2, -0.15) is 0 Å². The number of nitrogens with one attached hydrogen (secondary N) is 1. The standard InChI is InChI=1S/C24H31NO6/c1-24(2,3)22(27)30-16-13-25-23(28)31-15-7-6-14-29-21(26)17-19-11-8-10-18-9-4-5-12-20(18)19/h4-5,8-12H,6-7,13-17H2,1-3H3,(H,25,28). The van der Waals surface area contributed by atoms with Gasteiger partial charge >= 0.3 is 18.0 Å². The van der Waals surface area contributed by atoms with Gasteiger partial charge in [0.2, 0.25) is 0 Å². The third-order valence-electron chi connectivity index (χ3n) is 4.47. The number of alkyl carbamates (subject to hydrolysis) is 1. The minimum absolute atomic E-state index is 0.0951. The van der Waals surface area contributed by atoms with E-state index in [-0.39, 0.29) is 44.7 Å². The zero-order valence-electron chi connectivity index (χ0n) is 18.4. The minimum atomic E-state index is -0.571. The molecule has 7 nitrogen and oxygen atoms in total. The second-order valence-corrected chi connectivity index (χ2v) is 8.19. The number of carbonyl (C=O) groups excluding carboxylic acids is 3. The number of hydrogen-bond donors (Lipinski definition) is 1. The molecule has 0 heterocycles. The molecule has 0 aliphatic carbocycles. The SMILES string of the molecule is CC(C)(C)C(=O)OCCNC(=O)OCCCCOC(=O)Cc1cccc2ccccc12. The predicted octanol–water partition coefficient (Wildman–Crippen LogP) is 4.02. The monoisotopic (exact) mass is 429 g/mol. The van der Waals surface area contributed by atoms with Crippen LogP contribution in [0.4, 0.5) is 4.79 Å². The molecule has 0 fully saturated rings. The number of unbranched alkanes of at least 4 members (excludes halogenated alkanes) is 1. The Morgan fingerprint density at radius 1 is 0.839 bits per heavy atom. The van der Waals surface area contributed by atoms with Crippen LogP contribution in [0, 0.1) is 5.41 Å². The van der Waals surface area contributed by atoms with E-state index in [0.29, 0.717) is 12.8 Å². The maximum absolute atomic E-state index is 12.1. The molecule has 0 aliphatic heterocycles. The fourth-order valence-corrected chi connectivity index (χ4v) is 2.77. The molecule has 31 heavy (non-hydrogen) atoms. The molecule has 1 N–H and O–H groups in total. The van der Waals surface area contributed by atoms with Gasteiger partial charge in [-0.1, -0.05) is 42.5 Å². The summed E-state index contributed by atoms with van der Waals surface area (Å²) in [5.41, 5.74) is 0.370. The molecule has 0 atom stereocenters. The summed E-state index contributed by atoms with van der Waals surface area (Å²) in [5.74, 6) is -0.600. The highest BCUT2D eigenvalue weighted by atomic mass is 16.6. The molecule has 0 saturated carbocycles. The minimum Gasteiger partial charge on any atom is -0.465 e. The molecule has 0 aliphatic rings. The van der Waals surface area contributed by atoms with E-state index in [4.69, 9.17) is 14.2 Å². The van der Waals surface area contributed by atoms with Crippen molar-refractivity contribution in [3.8, 4) is 0 Å². The van der Waals surface area contributed by atoms with Crippen LogP contribution in [-0.2, 0) is 30.2 Å². The van der Waals surface area contributed by atoms with Gasteiger partial charge in [0.1, 0.15) is 6.61 Å². The third-order valence-corrected chi connectivity index (χ3v) is 4.47. The lowest BCUT2D eigenvalue weighted by Crippen LogP contribution is -2.31. The van der Waals surface area contributed by atoms with Crippen molar-refractivity contribution in [3.63, 3.8) is 0 Å². The number of fused-ring (bicyclic) bond motifs is 1. The van der Waals surface area contributed by atoms with E-state index in [1.54, 1.807) is 20.8 Å². The Kier molecular flexibility index (Phi) is 9.31. The van der Waals surface area contributed by atoms with Crippen LogP contribution in [0.15, 0.2) is 42.5 Å². The number of hydrogen-bond acceptors (Lipinski definition) is 6. The quantitative estimate of drug-likeness (QED) is 0.348. The largest absolute Gasteiger partial charge is 0.465 e. The highest BCUT2D eigenvalue weighted by Gasteiger charge is 2.22. The fourth-order valence-electron chi connectivity index (χ4n) is 2.77. The molecule has 2 rings (SSSR count). The molecule has 2 aromatic rings. The van der Waals surface area contributed by atoms with Crippen molar-refractivity contribution in [2.24, 2.45) is 5.41 Å². The Morgan fingerprint density at radius 3 is 2.26 bits per heavy atom. The van der Waals surface area contributed by atoms with Crippen LogP contribution in [0.1, 0.15) is 39.2 Å². The Bertz CT molecular complexity index is 882. The molecule has 1 amide bonds. The molecule has 168 valence electrons. The van der Waals surface area contributed by atoms with Gasteiger partial charge in [-0.3, -0.25) is 9.59 Å². The maximum atomic E-state index is 12.1. The van der Waals surface area contributed by atoms with Gasteiger partial charge in [-0.05, 0) is 49.9 Å². The second kappa shape index (κ2) is 11.9. The fraction of sp³-hybridized carbons (Fsp3) is 0.458. The molecular weight excluding hydrogens is 398 g/mol. The van der Waals surface area contributed by atoms with Gasteiger partial charge in [0, 0.05) is 0 Å². The summed E-state index contributed by atoms with van der Waals surface area (Å²) in [6, 6.07) is 13.8. The van der Waals surface area contributed by atoms with E-state index < -0.39 is 11.5 Å². The molecule has 0 aromatic heterocycles. The second-order valence-electron chi connectivity index (χ2n) is 8.19. The number of ether oxygens (including phenoxy) is 3. The molecule has 7 heteroatoms. The lowest BCUT2D eigenvalue weighted by molar-refractivity contribution is -0.152. The molecule has 0 unspecified atom stereocenters. The van der Waals surface area contributed by atoms with Gasteiger partial charge in [0.25, 0.3) is 0 Å². The number of benzene rings is 2. The summed E-state index contributed by atoms with van der Waals surface area (Å²) in [6.45, 7) is 6.06. The van der Waals surface area contributed by atoms with Gasteiger partial charge in [-0.25, -0.2) is 4.79 Å². The normalized spacial score (nSPS) is 11.1. The molecule has 0 saturated heterocycles. The van der Waals surface area contributed by atoms with Crippen LogP contribution in [-0.4, -0.2) is 44.4 Å². The molecular formula is C24H31NO6. The number of esters is 2. The summed E-state index contributed by atoms with van der Waals surface area (Å²) in [4.78, 5) is 35.3. The summed E-state index contributed by atoms with van der Waals surface area (Å²) >= 11 is 0. The van der Waals surface area contributed by atoms with Crippen LogP contribution in [0.5, 0.6) is 0 Å². The van der Waals surface area contributed by atoms with E-state index in [0.717, 1.165) is 16.3 Å². The lowest BCUT2D eigenvalue weighted by Gasteiger charge is -2.16. The first-order valence-corrected chi connectivity index (χ1v) is 10.5. The van der Waals surface area contributed by atoms with Crippen molar-refractivity contribution < 1.29 is 28.6 Å². The zero-order valence-corrected chi connectivity index (χ0v) is 18.4. The van der Waals surface area contributed by atoms with Crippen molar-refractivity contribution in [1.29, 1.82) is 0 Å². The van der Waals surface area contributed by atoms with E-state index in [9.17, 15) is 14.4 Å². The predicted molar refractivity (Wildman–Crippen MR) is 118 cm³/mol. The Balaban J connectivity index is 1.53. The summed E-state index contributed by atoms with van der Waals surface area (Å²) < 4.78 is 15.4. The average molecular weight is 430 g/mol. The van der Waals surface area contributed by atoms with E-state index >= 15 is 0 Å². The topological polar surface area (TPSA) is 90.9 Å². The van der Waals surface area contributed by atoms with Crippen molar-refractivity contribution in [3.05, 3.63) is 48.0 Å². The van der Waals surface area contributed by atoms with Crippen LogP contribution in [0.25, 0.3) is 10.8 Å². The first-order valence-electron chi connectivity index (χ1n) is 10.5. The molecule has 0 bridgehead atoms. The van der Waals surface area contributed by atoms with Gasteiger partial charge in [-0.15, -0.1) is 0 Å². The van der Waals surface area contributed by atoms with Crippen LogP contribution in [0.3, 0.4) is 0 Å². The molecule has 0 radical (unpaired) electrons. The van der Waals surface area contributed by atoms with Crippen LogP contribution >= 0.6 is 0 Å². The summed E-state index contributed by atoms with van der Waals surface area (Å²) in [5, 5.41) is 4.66.